The number of halogens is 3. The molecule has 1 saturated heterocycles. The van der Waals surface area contributed by atoms with E-state index < -0.39 is 85.9 Å². The first-order valence-corrected chi connectivity index (χ1v) is 24.0. The number of carbonyl (C=O) groups excluding carboxylic acids is 4. The molecule has 0 unspecified atom stereocenters. The first kappa shape index (κ1) is 49.3. The lowest BCUT2D eigenvalue weighted by Gasteiger charge is -2.34. The summed E-state index contributed by atoms with van der Waals surface area (Å²) < 4.78 is 92.1. The van der Waals surface area contributed by atoms with E-state index in [2.05, 4.69) is 20.3 Å². The van der Waals surface area contributed by atoms with Crippen molar-refractivity contribution >= 4 is 44.6 Å². The maximum atomic E-state index is 15.0. The zero-order valence-corrected chi connectivity index (χ0v) is 39.7. The summed E-state index contributed by atoms with van der Waals surface area (Å²) >= 11 is 0. The van der Waals surface area contributed by atoms with Gasteiger partial charge in [0.1, 0.15) is 29.5 Å². The Bertz CT molecular complexity index is 2530. The third kappa shape index (κ3) is 10.6. The van der Waals surface area contributed by atoms with Crippen molar-refractivity contribution in [1.82, 2.24) is 30.2 Å². The van der Waals surface area contributed by atoms with E-state index in [0.717, 1.165) is 0 Å². The lowest BCUT2D eigenvalue weighted by molar-refractivity contribution is -0.244. The van der Waals surface area contributed by atoms with E-state index >= 15 is 4.79 Å². The van der Waals surface area contributed by atoms with Gasteiger partial charge in [-0.3, -0.25) is 19.1 Å². The third-order valence-corrected chi connectivity index (χ3v) is 15.4. The molecule has 0 radical (unpaired) electrons. The van der Waals surface area contributed by atoms with E-state index in [0.29, 0.717) is 79.6 Å². The zero-order chi connectivity index (χ0) is 48.9. The van der Waals surface area contributed by atoms with E-state index in [1.807, 2.05) is 32.9 Å². The lowest BCUT2D eigenvalue weighted by Crippen LogP contribution is -2.59. The lowest BCUT2D eigenvalue weighted by atomic mass is 9.88. The molecule has 0 spiro atoms. The van der Waals surface area contributed by atoms with Gasteiger partial charge in [-0.15, -0.1) is 0 Å². The van der Waals surface area contributed by atoms with Crippen LogP contribution in [0.4, 0.5) is 18.0 Å². The molecule has 4 amide bonds. The highest BCUT2D eigenvalue weighted by atomic mass is 32.2. The number of benzene rings is 1. The van der Waals surface area contributed by atoms with E-state index in [1.165, 1.54) is 18.9 Å². The molecule has 2 aliphatic heterocycles. The topological polar surface area (TPSA) is 204 Å². The number of pyridine rings is 2. The molecular weight excluding hydrogens is 898 g/mol. The summed E-state index contributed by atoms with van der Waals surface area (Å²) in [6, 6.07) is 7.73. The molecule has 16 nitrogen and oxygen atoms in total. The first-order chi connectivity index (χ1) is 31.3. The third-order valence-electron chi connectivity index (χ3n) is 13.2. The van der Waals surface area contributed by atoms with E-state index in [1.54, 1.807) is 49.5 Å². The Kier molecular flexibility index (Phi) is 13.6. The molecule has 7 atom stereocenters. The van der Waals surface area contributed by atoms with Gasteiger partial charge in [0.25, 0.3) is 5.91 Å². The van der Waals surface area contributed by atoms with Gasteiger partial charge < -0.3 is 34.5 Å². The van der Waals surface area contributed by atoms with Crippen molar-refractivity contribution in [2.24, 2.45) is 17.8 Å². The van der Waals surface area contributed by atoms with Crippen molar-refractivity contribution in [3.8, 4) is 28.8 Å². The second kappa shape index (κ2) is 18.4. The molecule has 3 N–H and O–H groups in total. The maximum absolute atomic E-state index is 15.0. The number of nitrogens with zero attached hydrogens (tertiary/aromatic N) is 3. The number of methoxy groups -OCH3 is 1. The Hall–Kier alpha value is -5.66. The molecule has 7 rings (SSSR count). The molecule has 20 heteroatoms. The Morgan fingerprint density at radius 1 is 1.04 bits per heavy atom. The Morgan fingerprint density at radius 3 is 2.42 bits per heavy atom. The quantitative estimate of drug-likeness (QED) is 0.171. The van der Waals surface area contributed by atoms with Crippen molar-refractivity contribution in [3.63, 3.8) is 0 Å². The SMILES string of the molecule is COc1ccc2c(O[C@@H]3C[C@H]4C(=O)N[C@]5(C(=O)NS(=O)(=O)C6(C)CC6)C[C@H]5/C=C\CC[C@H](C)C[C@@H](C)[C@H](NC(=O)OC(C)(C)C(F)(F)F)C(=O)N4C3)nc(-c3ccc(OC(C)C)nc3)cc2c1. The minimum Gasteiger partial charge on any atom is -0.497 e. The number of amides is 4. The smallest absolute Gasteiger partial charge is 0.427 e. The molecule has 1 aromatic carbocycles. The maximum Gasteiger partial charge on any atom is 0.427 e. The molecule has 3 aromatic rings. The minimum absolute atomic E-state index is 0.0641. The van der Waals surface area contributed by atoms with Crippen LogP contribution in [-0.4, -0.2) is 107 Å². The molecule has 0 bridgehead atoms. The van der Waals surface area contributed by atoms with Crippen LogP contribution >= 0.6 is 0 Å². The number of alkyl halides is 3. The predicted octanol–water partition coefficient (Wildman–Crippen LogP) is 6.76. The van der Waals surface area contributed by atoms with E-state index in [9.17, 15) is 36.0 Å². The van der Waals surface area contributed by atoms with Crippen molar-refractivity contribution < 1.29 is 59.7 Å². The summed E-state index contributed by atoms with van der Waals surface area (Å²) in [6.07, 6.45) is -0.131. The number of carbonyl (C=O) groups is 4. The van der Waals surface area contributed by atoms with Crippen LogP contribution in [0.15, 0.2) is 54.7 Å². The summed E-state index contributed by atoms with van der Waals surface area (Å²) in [5, 5.41) is 6.46. The average molecular weight is 957 g/mol. The minimum atomic E-state index is -4.94. The molecule has 67 heavy (non-hydrogen) atoms. The fourth-order valence-corrected chi connectivity index (χ4v) is 9.92. The summed E-state index contributed by atoms with van der Waals surface area (Å²) in [6.45, 7) is 10.0. The van der Waals surface area contributed by atoms with Gasteiger partial charge in [0.15, 0.2) is 0 Å². The number of fused-ring (bicyclic) bond motifs is 3. The summed E-state index contributed by atoms with van der Waals surface area (Å²) in [7, 11) is -2.59. The molecule has 3 fully saturated rings. The van der Waals surface area contributed by atoms with Crippen LogP contribution in [0.2, 0.25) is 0 Å². The number of aromatic nitrogens is 2. The number of hydrogen-bond donors (Lipinski definition) is 3. The van der Waals surface area contributed by atoms with Crippen LogP contribution in [0.5, 0.6) is 17.5 Å². The van der Waals surface area contributed by atoms with Gasteiger partial charge in [-0.05, 0) is 121 Å². The van der Waals surface area contributed by atoms with Gasteiger partial charge in [0.05, 0.1) is 30.2 Å². The molecule has 2 aliphatic carbocycles. The van der Waals surface area contributed by atoms with Gasteiger partial charge in [-0.25, -0.2) is 23.2 Å². The number of alkyl carbamates (subject to hydrolysis) is 1. The summed E-state index contributed by atoms with van der Waals surface area (Å²) in [5.41, 5.74) is -3.51. The van der Waals surface area contributed by atoms with Crippen molar-refractivity contribution in [1.29, 1.82) is 0 Å². The number of hydrogen-bond acceptors (Lipinski definition) is 12. The van der Waals surface area contributed by atoms with Crippen molar-refractivity contribution in [3.05, 3.63) is 54.7 Å². The number of ether oxygens (including phenoxy) is 4. The van der Waals surface area contributed by atoms with Gasteiger partial charge in [-0.2, -0.15) is 13.2 Å². The number of rotatable bonds is 11. The zero-order valence-electron chi connectivity index (χ0n) is 38.9. The van der Waals surface area contributed by atoms with E-state index in [-0.39, 0.29) is 37.3 Å². The molecule has 2 saturated carbocycles. The molecule has 4 aliphatic rings. The fraction of sp³-hybridized carbons (Fsp3) is 0.574. The van der Waals surface area contributed by atoms with Crippen molar-refractivity contribution in [2.75, 3.05) is 13.7 Å². The molecule has 2 aromatic heterocycles. The highest BCUT2D eigenvalue weighted by Crippen LogP contribution is 2.48. The summed E-state index contributed by atoms with van der Waals surface area (Å²) in [5.74, 6) is -2.74. The van der Waals surface area contributed by atoms with Gasteiger partial charge in [0, 0.05) is 35.6 Å². The highest BCUT2D eigenvalue weighted by molar-refractivity contribution is 7.91. The largest absolute Gasteiger partial charge is 0.497 e. The van der Waals surface area contributed by atoms with Gasteiger partial charge in [-0.1, -0.05) is 26.0 Å². The van der Waals surface area contributed by atoms with Crippen LogP contribution in [0.25, 0.3) is 22.0 Å². The van der Waals surface area contributed by atoms with Crippen LogP contribution < -0.4 is 29.6 Å². The first-order valence-electron chi connectivity index (χ1n) is 22.6. The normalized spacial score (nSPS) is 27.1. The van der Waals surface area contributed by atoms with Crippen LogP contribution in [0.1, 0.15) is 93.4 Å². The Labute approximate surface area is 388 Å². The molecule has 364 valence electrons. The number of sulfonamides is 1. The fourth-order valence-electron chi connectivity index (χ4n) is 8.61. The Morgan fingerprint density at radius 2 is 1.78 bits per heavy atom. The van der Waals surface area contributed by atoms with Gasteiger partial charge in [0.2, 0.25) is 39.2 Å². The number of nitrogens with one attached hydrogen (secondary N) is 3. The molecular formula is C47H59F3N6O10S. The predicted molar refractivity (Wildman–Crippen MR) is 240 cm³/mol. The standard InChI is InChI=1S/C47H59F3N6O10S/c1-26(2)64-37-16-13-29(24-51-37)35-21-30-20-32(63-8)14-15-34(30)40(52-35)65-33-22-36-39(57)54-46(42(59)55-67(61,62)45(7)17-18-45)23-31(46)12-10-9-11-27(3)19-28(4)38(41(58)56(36)25-33)53-43(60)66-44(5,6)47(48,49)50/h10,12-16,20-21,24,26-28,31,33,36,38H,9,11,17-19,22-23,25H2,1-8H3,(H,53,60)(H,54,57)(H,55,59)/b12-10-/t27-,28+,31+,33+,36-,38-,46+/m0/s1. The van der Waals surface area contributed by atoms with Crippen molar-refractivity contribution in [2.45, 2.75) is 140 Å². The van der Waals surface area contributed by atoms with E-state index in [4.69, 9.17) is 23.9 Å². The second-order valence-electron chi connectivity index (χ2n) is 19.4. The van der Waals surface area contributed by atoms with Gasteiger partial charge >= 0.3 is 12.3 Å². The monoisotopic (exact) mass is 956 g/mol. The van der Waals surface area contributed by atoms with Crippen LogP contribution in [-0.2, 0) is 29.1 Å². The van der Waals surface area contributed by atoms with Crippen LogP contribution in [0.3, 0.4) is 0 Å². The highest BCUT2D eigenvalue weighted by Gasteiger charge is 2.63. The Balaban J connectivity index is 1.26. The second-order valence-corrected chi connectivity index (χ2v) is 21.6. The average Bonchev–Trinajstić information content (AvgIpc) is 4.13. The molecule has 4 heterocycles. The summed E-state index contributed by atoms with van der Waals surface area (Å²) in [4.78, 5) is 67.7. The number of allylic oxidation sites excluding steroid dienone is 1. The van der Waals surface area contributed by atoms with Crippen LogP contribution in [0, 0.1) is 17.8 Å².